The summed E-state index contributed by atoms with van der Waals surface area (Å²) in [6, 6.07) is 11.5. The third-order valence-corrected chi connectivity index (χ3v) is 6.98. The number of nitrogens with zero attached hydrogens (tertiary/aromatic N) is 3. The van der Waals surface area contributed by atoms with Crippen LogP contribution in [0.1, 0.15) is 39.1 Å². The summed E-state index contributed by atoms with van der Waals surface area (Å²) in [5, 5.41) is 0. The lowest BCUT2D eigenvalue weighted by molar-refractivity contribution is 0.0475. The Bertz CT molecular complexity index is 1070. The molecule has 8 heteroatoms. The molecule has 0 saturated carbocycles. The third kappa shape index (κ3) is 4.12. The standard InChI is InChI=1S/C26H31N3O5/c1-32-22-10-3-6-18(24(22)33-2)16-27-11-13-28(14-12-27)21-9-4-8-20-23(21)26(31)29(25(20)30)17-19-7-5-15-34-19/h3-4,6,8-10,19H,5,7,11-17H2,1-2H3/t19-/m0/s1. The molecule has 2 fully saturated rings. The minimum atomic E-state index is -0.207. The molecule has 5 rings (SSSR count). The van der Waals surface area contributed by atoms with Crippen molar-refractivity contribution < 1.29 is 23.8 Å². The van der Waals surface area contributed by atoms with Gasteiger partial charge in [0, 0.05) is 44.9 Å². The van der Waals surface area contributed by atoms with Crippen molar-refractivity contribution in [3.63, 3.8) is 0 Å². The number of hydrogen-bond acceptors (Lipinski definition) is 7. The van der Waals surface area contributed by atoms with Gasteiger partial charge >= 0.3 is 0 Å². The highest BCUT2D eigenvalue weighted by molar-refractivity contribution is 6.23. The van der Waals surface area contributed by atoms with E-state index < -0.39 is 0 Å². The molecule has 180 valence electrons. The summed E-state index contributed by atoms with van der Waals surface area (Å²) < 4.78 is 16.7. The van der Waals surface area contributed by atoms with Crippen molar-refractivity contribution in [3.8, 4) is 11.5 Å². The molecule has 3 aliphatic heterocycles. The van der Waals surface area contributed by atoms with Gasteiger partial charge in [0.15, 0.2) is 11.5 Å². The van der Waals surface area contributed by atoms with Gasteiger partial charge in [0.25, 0.3) is 11.8 Å². The van der Waals surface area contributed by atoms with Gasteiger partial charge in [-0.05, 0) is 31.0 Å². The number of hydrogen-bond donors (Lipinski definition) is 0. The summed E-state index contributed by atoms with van der Waals surface area (Å²) >= 11 is 0. The zero-order valence-electron chi connectivity index (χ0n) is 19.8. The minimum Gasteiger partial charge on any atom is -0.493 e. The second kappa shape index (κ2) is 9.64. The summed E-state index contributed by atoms with van der Waals surface area (Å²) in [4.78, 5) is 32.2. The summed E-state index contributed by atoms with van der Waals surface area (Å²) in [6.45, 7) is 5.02. The fourth-order valence-corrected chi connectivity index (χ4v) is 5.20. The van der Waals surface area contributed by atoms with Gasteiger partial charge < -0.3 is 19.1 Å². The molecule has 3 heterocycles. The van der Waals surface area contributed by atoms with Crippen LogP contribution in [0.15, 0.2) is 36.4 Å². The average Bonchev–Trinajstić information content (AvgIpc) is 3.47. The Labute approximate surface area is 200 Å². The van der Waals surface area contributed by atoms with E-state index in [1.165, 1.54) is 4.90 Å². The van der Waals surface area contributed by atoms with Crippen molar-refractivity contribution in [2.45, 2.75) is 25.5 Å². The molecule has 8 nitrogen and oxygen atoms in total. The Morgan fingerprint density at radius 2 is 1.76 bits per heavy atom. The predicted octanol–water partition coefficient (Wildman–Crippen LogP) is 2.80. The van der Waals surface area contributed by atoms with Crippen molar-refractivity contribution in [2.24, 2.45) is 0 Å². The van der Waals surface area contributed by atoms with E-state index in [4.69, 9.17) is 14.2 Å². The molecule has 34 heavy (non-hydrogen) atoms. The van der Waals surface area contributed by atoms with Gasteiger partial charge in [0.05, 0.1) is 43.7 Å². The first-order chi connectivity index (χ1) is 16.6. The van der Waals surface area contributed by atoms with E-state index in [0.717, 1.165) is 68.3 Å². The van der Waals surface area contributed by atoms with Gasteiger partial charge in [0.1, 0.15) is 0 Å². The van der Waals surface area contributed by atoms with E-state index in [9.17, 15) is 9.59 Å². The predicted molar refractivity (Wildman–Crippen MR) is 128 cm³/mol. The molecule has 1 atom stereocenters. The van der Waals surface area contributed by atoms with Crippen molar-refractivity contribution >= 4 is 17.5 Å². The topological polar surface area (TPSA) is 71.5 Å². The number of imide groups is 1. The third-order valence-electron chi connectivity index (χ3n) is 6.98. The van der Waals surface area contributed by atoms with Crippen LogP contribution >= 0.6 is 0 Å². The molecule has 0 aliphatic carbocycles. The molecule has 0 radical (unpaired) electrons. The first-order valence-electron chi connectivity index (χ1n) is 11.9. The molecule has 0 spiro atoms. The van der Waals surface area contributed by atoms with E-state index in [2.05, 4.69) is 15.9 Å². The van der Waals surface area contributed by atoms with Crippen LogP contribution in [0.4, 0.5) is 5.69 Å². The Hall–Kier alpha value is -3.10. The highest BCUT2D eigenvalue weighted by atomic mass is 16.5. The second-order valence-corrected chi connectivity index (χ2v) is 8.97. The lowest BCUT2D eigenvalue weighted by Crippen LogP contribution is -2.46. The van der Waals surface area contributed by atoms with Crippen LogP contribution in [-0.4, -0.2) is 81.3 Å². The molecule has 2 aromatic carbocycles. The van der Waals surface area contributed by atoms with E-state index in [1.807, 2.05) is 24.3 Å². The van der Waals surface area contributed by atoms with Crippen LogP contribution in [0.25, 0.3) is 0 Å². The zero-order chi connectivity index (χ0) is 23.7. The second-order valence-electron chi connectivity index (χ2n) is 8.97. The van der Waals surface area contributed by atoms with Gasteiger partial charge in [-0.2, -0.15) is 0 Å². The quantitative estimate of drug-likeness (QED) is 0.583. The van der Waals surface area contributed by atoms with Crippen molar-refractivity contribution in [2.75, 3.05) is 58.5 Å². The van der Waals surface area contributed by atoms with E-state index in [1.54, 1.807) is 20.3 Å². The van der Waals surface area contributed by atoms with Gasteiger partial charge in [-0.25, -0.2) is 0 Å². The maximum Gasteiger partial charge on any atom is 0.263 e. The summed E-state index contributed by atoms with van der Waals surface area (Å²) in [5.74, 6) is 1.09. The van der Waals surface area contributed by atoms with Gasteiger partial charge in [-0.15, -0.1) is 0 Å². The number of carbonyl (C=O) groups is 2. The largest absolute Gasteiger partial charge is 0.493 e. The van der Waals surface area contributed by atoms with Gasteiger partial charge in [0.2, 0.25) is 0 Å². The normalized spacial score (nSPS) is 20.7. The van der Waals surface area contributed by atoms with Gasteiger partial charge in [-0.1, -0.05) is 18.2 Å². The summed E-state index contributed by atoms with van der Waals surface area (Å²) in [7, 11) is 3.31. The number of ether oxygens (including phenoxy) is 3. The maximum atomic E-state index is 13.3. The minimum absolute atomic E-state index is 0.0530. The molecule has 0 N–H and O–H groups in total. The monoisotopic (exact) mass is 465 g/mol. The lowest BCUT2D eigenvalue weighted by atomic mass is 10.1. The number of amides is 2. The van der Waals surface area contributed by atoms with Crippen molar-refractivity contribution in [1.29, 1.82) is 0 Å². The summed E-state index contributed by atoms with van der Waals surface area (Å²) in [6.07, 6.45) is 1.81. The lowest BCUT2D eigenvalue weighted by Gasteiger charge is -2.37. The highest BCUT2D eigenvalue weighted by Gasteiger charge is 2.40. The number of carbonyl (C=O) groups excluding carboxylic acids is 2. The van der Waals surface area contributed by atoms with Gasteiger partial charge in [-0.3, -0.25) is 19.4 Å². The summed E-state index contributed by atoms with van der Waals surface area (Å²) in [5.41, 5.74) is 2.98. The van der Waals surface area contributed by atoms with Crippen LogP contribution in [0.3, 0.4) is 0 Å². The number of anilines is 1. The molecular weight excluding hydrogens is 434 g/mol. The van der Waals surface area contributed by atoms with Crippen molar-refractivity contribution in [3.05, 3.63) is 53.1 Å². The fraction of sp³-hybridized carbons (Fsp3) is 0.462. The van der Waals surface area contributed by atoms with Crippen LogP contribution in [0.2, 0.25) is 0 Å². The van der Waals surface area contributed by atoms with Crippen molar-refractivity contribution in [1.82, 2.24) is 9.80 Å². The molecule has 2 saturated heterocycles. The molecule has 0 bridgehead atoms. The smallest absolute Gasteiger partial charge is 0.263 e. The Morgan fingerprint density at radius 3 is 2.47 bits per heavy atom. The number of piperazine rings is 1. The fourth-order valence-electron chi connectivity index (χ4n) is 5.20. The molecule has 0 aromatic heterocycles. The number of rotatable bonds is 7. The Morgan fingerprint density at radius 1 is 0.971 bits per heavy atom. The first kappa shape index (κ1) is 22.7. The number of para-hydroxylation sites is 1. The molecule has 2 amide bonds. The van der Waals surface area contributed by atoms with Crippen LogP contribution in [0, 0.1) is 0 Å². The molecule has 2 aromatic rings. The Kier molecular flexibility index (Phi) is 6.43. The average molecular weight is 466 g/mol. The highest BCUT2D eigenvalue weighted by Crippen LogP contribution is 2.34. The first-order valence-corrected chi connectivity index (χ1v) is 11.9. The molecular formula is C26H31N3O5. The number of benzene rings is 2. The van der Waals surface area contributed by atoms with Crippen LogP contribution in [0.5, 0.6) is 11.5 Å². The van der Waals surface area contributed by atoms with E-state index >= 15 is 0 Å². The Balaban J connectivity index is 1.28. The van der Waals surface area contributed by atoms with E-state index in [0.29, 0.717) is 24.3 Å². The van der Waals surface area contributed by atoms with E-state index in [-0.39, 0.29) is 17.9 Å². The van der Waals surface area contributed by atoms with Crippen LogP contribution in [-0.2, 0) is 11.3 Å². The number of fused-ring (bicyclic) bond motifs is 1. The maximum absolute atomic E-state index is 13.3. The van der Waals surface area contributed by atoms with Crippen LogP contribution < -0.4 is 14.4 Å². The zero-order valence-corrected chi connectivity index (χ0v) is 19.8. The number of methoxy groups -OCH3 is 2. The molecule has 3 aliphatic rings. The molecule has 0 unspecified atom stereocenters. The SMILES string of the molecule is COc1cccc(CN2CCN(c3cccc4c3C(=O)N(C[C@@H]3CCCO3)C4=O)CC2)c1OC.